The molecule has 1 amide bonds. The number of hydrogen-bond donors (Lipinski definition) is 0. The van der Waals surface area contributed by atoms with Crippen LogP contribution < -0.4 is 4.74 Å². The molecule has 0 fully saturated rings. The highest BCUT2D eigenvalue weighted by atomic mass is 16.5. The molecule has 0 aliphatic rings. The molecule has 0 radical (unpaired) electrons. The third-order valence-electron chi connectivity index (χ3n) is 6.68. The lowest BCUT2D eigenvalue weighted by molar-refractivity contribution is 0.0724. The van der Waals surface area contributed by atoms with Gasteiger partial charge in [0.25, 0.3) is 5.91 Å². The summed E-state index contributed by atoms with van der Waals surface area (Å²) in [7, 11) is 0. The van der Waals surface area contributed by atoms with Crippen LogP contribution in [0.15, 0.2) is 78.9 Å². The van der Waals surface area contributed by atoms with E-state index in [1.54, 1.807) is 0 Å². The predicted molar refractivity (Wildman–Crippen MR) is 149 cm³/mol. The number of hydrogen-bond acceptors (Lipinski definition) is 3. The fourth-order valence-electron chi connectivity index (χ4n) is 4.28. The van der Waals surface area contributed by atoms with Crippen LogP contribution in [0, 0.1) is 0 Å². The molecular formula is C32H42N2O2. The van der Waals surface area contributed by atoms with Crippen LogP contribution >= 0.6 is 0 Å². The minimum absolute atomic E-state index is 0.0895. The van der Waals surface area contributed by atoms with Gasteiger partial charge in [-0.2, -0.15) is 0 Å². The van der Waals surface area contributed by atoms with E-state index in [1.165, 1.54) is 24.8 Å². The molecule has 0 saturated carbocycles. The smallest absolute Gasteiger partial charge is 0.254 e. The van der Waals surface area contributed by atoms with Crippen molar-refractivity contribution in [2.45, 2.75) is 59.6 Å². The molecule has 0 saturated heterocycles. The summed E-state index contributed by atoms with van der Waals surface area (Å²) < 4.78 is 5.94. The molecule has 192 valence electrons. The lowest BCUT2D eigenvalue weighted by atomic mass is 10.0. The summed E-state index contributed by atoms with van der Waals surface area (Å²) in [6, 6.07) is 26.5. The van der Waals surface area contributed by atoms with Gasteiger partial charge in [0.1, 0.15) is 12.4 Å². The predicted octanol–water partition coefficient (Wildman–Crippen LogP) is 6.98. The van der Waals surface area contributed by atoms with Gasteiger partial charge in [0.2, 0.25) is 0 Å². The van der Waals surface area contributed by atoms with Crippen molar-refractivity contribution in [2.24, 2.45) is 0 Å². The summed E-state index contributed by atoms with van der Waals surface area (Å²) in [4.78, 5) is 17.9. The summed E-state index contributed by atoms with van der Waals surface area (Å²) in [6.45, 7) is 11.2. The molecule has 3 aromatic rings. The second-order valence-corrected chi connectivity index (χ2v) is 9.33. The fourth-order valence-corrected chi connectivity index (χ4v) is 4.28. The average molecular weight is 487 g/mol. The second kappa shape index (κ2) is 15.1. The summed E-state index contributed by atoms with van der Waals surface area (Å²) >= 11 is 0. The maximum absolute atomic E-state index is 13.5. The Labute approximate surface area is 217 Å². The van der Waals surface area contributed by atoms with Gasteiger partial charge >= 0.3 is 0 Å². The number of carbonyl (C=O) groups is 1. The lowest BCUT2D eigenvalue weighted by Crippen LogP contribution is -2.38. The van der Waals surface area contributed by atoms with Crippen molar-refractivity contribution in [3.8, 4) is 5.75 Å². The molecular weight excluding hydrogens is 444 g/mol. The highest BCUT2D eigenvalue weighted by molar-refractivity contribution is 5.94. The van der Waals surface area contributed by atoms with Gasteiger partial charge in [0.15, 0.2) is 0 Å². The Hall–Kier alpha value is -3.11. The molecule has 0 spiro atoms. The number of carbonyl (C=O) groups excluding carboxylic acids is 1. The summed E-state index contributed by atoms with van der Waals surface area (Å²) in [5, 5.41) is 0. The van der Waals surface area contributed by atoms with Gasteiger partial charge < -0.3 is 14.5 Å². The van der Waals surface area contributed by atoms with E-state index in [2.05, 4.69) is 62.1 Å². The zero-order valence-corrected chi connectivity index (χ0v) is 22.3. The molecule has 0 unspecified atom stereocenters. The molecule has 0 atom stereocenters. The van der Waals surface area contributed by atoms with Gasteiger partial charge in [-0.15, -0.1) is 0 Å². The Balaban J connectivity index is 1.65. The molecule has 0 aliphatic carbocycles. The molecule has 0 bridgehead atoms. The first-order chi connectivity index (χ1) is 17.6. The maximum atomic E-state index is 13.5. The van der Waals surface area contributed by atoms with Gasteiger partial charge in [-0.05, 0) is 66.9 Å². The van der Waals surface area contributed by atoms with Crippen LogP contribution in [0.2, 0.25) is 0 Å². The molecule has 36 heavy (non-hydrogen) atoms. The van der Waals surface area contributed by atoms with Crippen molar-refractivity contribution in [2.75, 3.05) is 26.2 Å². The molecule has 0 N–H and O–H groups in total. The van der Waals surface area contributed by atoms with Crippen LogP contribution in [-0.2, 0) is 19.6 Å². The van der Waals surface area contributed by atoms with Gasteiger partial charge in [-0.1, -0.05) is 88.2 Å². The number of rotatable bonds is 15. The number of amides is 1. The highest BCUT2D eigenvalue weighted by Crippen LogP contribution is 2.18. The normalized spacial score (nSPS) is 11.0. The van der Waals surface area contributed by atoms with E-state index >= 15 is 0 Å². The zero-order valence-electron chi connectivity index (χ0n) is 22.3. The quantitative estimate of drug-likeness (QED) is 0.217. The lowest BCUT2D eigenvalue weighted by Gasteiger charge is -2.27. The van der Waals surface area contributed by atoms with E-state index < -0.39 is 0 Å². The Morgan fingerprint density at radius 3 is 2.03 bits per heavy atom. The third-order valence-corrected chi connectivity index (χ3v) is 6.68. The van der Waals surface area contributed by atoms with Crippen LogP contribution in [0.5, 0.6) is 5.75 Å². The topological polar surface area (TPSA) is 32.8 Å². The molecule has 4 heteroatoms. The monoisotopic (exact) mass is 486 g/mol. The van der Waals surface area contributed by atoms with Crippen molar-refractivity contribution in [1.82, 2.24) is 9.80 Å². The van der Waals surface area contributed by atoms with Crippen LogP contribution in [0.1, 0.15) is 67.1 Å². The second-order valence-electron chi connectivity index (χ2n) is 9.33. The summed E-state index contributed by atoms with van der Waals surface area (Å²) in [6.07, 6.45) is 4.74. The van der Waals surface area contributed by atoms with Crippen LogP contribution in [0.4, 0.5) is 0 Å². The minimum atomic E-state index is 0.0895. The molecule has 3 rings (SSSR count). The Kier molecular flexibility index (Phi) is 11.5. The first-order valence-corrected chi connectivity index (χ1v) is 13.5. The minimum Gasteiger partial charge on any atom is -0.489 e. The van der Waals surface area contributed by atoms with E-state index in [9.17, 15) is 4.79 Å². The van der Waals surface area contributed by atoms with Crippen molar-refractivity contribution in [3.63, 3.8) is 0 Å². The number of nitrogens with zero attached hydrogens (tertiary/aromatic N) is 2. The molecule has 0 aliphatic heterocycles. The zero-order chi connectivity index (χ0) is 25.6. The molecule has 0 heterocycles. The van der Waals surface area contributed by atoms with E-state index in [-0.39, 0.29) is 5.91 Å². The van der Waals surface area contributed by atoms with Crippen molar-refractivity contribution in [3.05, 3.63) is 101 Å². The molecule has 0 aromatic heterocycles. The summed E-state index contributed by atoms with van der Waals surface area (Å²) in [5.74, 6) is 0.925. The number of benzene rings is 3. The SMILES string of the molecule is CCCCCc1ccc(C(=O)N(CCN(CC)CC)Cc2ccc(OCc3ccccc3)cc2)cc1. The number of likely N-dealkylation sites (N-methyl/N-ethyl adjacent to an activating group) is 1. The highest BCUT2D eigenvalue weighted by Gasteiger charge is 2.17. The van der Waals surface area contributed by atoms with Gasteiger partial charge in [0, 0.05) is 25.2 Å². The van der Waals surface area contributed by atoms with E-state index in [1.807, 2.05) is 47.4 Å². The Morgan fingerprint density at radius 2 is 1.39 bits per heavy atom. The number of aryl methyl sites for hydroxylation is 1. The standard InChI is InChI=1S/C32H42N2O2/c1-4-7-9-12-27-15-19-30(20-16-27)32(35)34(24-23-33(5-2)6-3)25-28-17-21-31(22-18-28)36-26-29-13-10-8-11-14-29/h8,10-11,13-22H,4-7,9,12,23-26H2,1-3H3. The van der Waals surface area contributed by atoms with Crippen molar-refractivity contribution >= 4 is 5.91 Å². The van der Waals surface area contributed by atoms with Crippen molar-refractivity contribution < 1.29 is 9.53 Å². The first-order valence-electron chi connectivity index (χ1n) is 13.5. The fraction of sp³-hybridized carbons (Fsp3) is 0.406. The average Bonchev–Trinajstić information content (AvgIpc) is 2.93. The van der Waals surface area contributed by atoms with Crippen LogP contribution in [-0.4, -0.2) is 41.9 Å². The van der Waals surface area contributed by atoms with Crippen molar-refractivity contribution in [1.29, 1.82) is 0 Å². The van der Waals surface area contributed by atoms with Crippen LogP contribution in [0.3, 0.4) is 0 Å². The first kappa shape index (κ1) is 27.5. The van der Waals surface area contributed by atoms with Gasteiger partial charge in [0.05, 0.1) is 0 Å². The molecule has 4 nitrogen and oxygen atoms in total. The largest absolute Gasteiger partial charge is 0.489 e. The van der Waals surface area contributed by atoms with Crippen LogP contribution in [0.25, 0.3) is 0 Å². The number of ether oxygens (including phenoxy) is 1. The third kappa shape index (κ3) is 8.83. The Morgan fingerprint density at radius 1 is 0.722 bits per heavy atom. The van der Waals surface area contributed by atoms with Gasteiger partial charge in [-0.25, -0.2) is 0 Å². The number of unbranched alkanes of at least 4 members (excludes halogenated alkanes) is 2. The Bertz CT molecular complexity index is 1010. The summed E-state index contributed by atoms with van der Waals surface area (Å²) in [5.41, 5.74) is 4.31. The maximum Gasteiger partial charge on any atom is 0.254 e. The van der Waals surface area contributed by atoms with E-state index in [0.29, 0.717) is 19.7 Å². The molecule has 3 aromatic carbocycles. The van der Waals surface area contributed by atoms with E-state index in [0.717, 1.165) is 48.5 Å². The van der Waals surface area contributed by atoms with Gasteiger partial charge in [-0.3, -0.25) is 4.79 Å². The van der Waals surface area contributed by atoms with E-state index in [4.69, 9.17) is 4.74 Å².